The molecule has 0 heterocycles. The molecular formula is C27H21FO3. The van der Waals surface area contributed by atoms with Crippen molar-refractivity contribution >= 4 is 22.8 Å². The summed E-state index contributed by atoms with van der Waals surface area (Å²) in [6, 6.07) is 22.7. The molecule has 4 aromatic rings. The normalized spacial score (nSPS) is 11.3. The number of benzene rings is 4. The molecule has 0 spiro atoms. The minimum absolute atomic E-state index is 0.229. The smallest absolute Gasteiger partial charge is 0.336 e. The molecule has 4 heteroatoms. The van der Waals surface area contributed by atoms with E-state index in [1.54, 1.807) is 36.4 Å². The van der Waals surface area contributed by atoms with E-state index in [1.165, 1.54) is 17.7 Å². The van der Waals surface area contributed by atoms with Crippen molar-refractivity contribution in [3.63, 3.8) is 0 Å². The van der Waals surface area contributed by atoms with Crippen molar-refractivity contribution in [1.82, 2.24) is 0 Å². The number of aromatic carboxylic acids is 1. The zero-order valence-electron chi connectivity index (χ0n) is 16.8. The Balaban J connectivity index is 1.52. The number of rotatable bonds is 6. The van der Waals surface area contributed by atoms with Gasteiger partial charge in [-0.3, -0.25) is 0 Å². The van der Waals surface area contributed by atoms with E-state index >= 15 is 0 Å². The molecular weight excluding hydrogens is 391 g/mol. The zero-order valence-corrected chi connectivity index (χ0v) is 16.8. The van der Waals surface area contributed by atoms with Crippen molar-refractivity contribution in [2.75, 3.05) is 0 Å². The SMILES string of the molecule is O=C(O)c1ccc(-c2ccc(F)cc2)cc1C=CCCc1ccc2cc(O)ccc2c1. The molecule has 0 saturated carbocycles. The summed E-state index contributed by atoms with van der Waals surface area (Å²) >= 11 is 0. The van der Waals surface area contributed by atoms with E-state index in [0.717, 1.165) is 34.7 Å². The van der Waals surface area contributed by atoms with E-state index in [-0.39, 0.29) is 17.1 Å². The second-order valence-electron chi connectivity index (χ2n) is 7.42. The molecule has 0 aliphatic heterocycles. The van der Waals surface area contributed by atoms with E-state index in [2.05, 4.69) is 6.07 Å². The lowest BCUT2D eigenvalue weighted by Gasteiger charge is -2.07. The highest BCUT2D eigenvalue weighted by molar-refractivity contribution is 5.93. The van der Waals surface area contributed by atoms with Gasteiger partial charge in [0.05, 0.1) is 5.56 Å². The van der Waals surface area contributed by atoms with Gasteiger partial charge in [0.25, 0.3) is 0 Å². The molecule has 0 fully saturated rings. The Morgan fingerprint density at radius 3 is 2.32 bits per heavy atom. The van der Waals surface area contributed by atoms with Crippen LogP contribution in [0.15, 0.2) is 84.9 Å². The number of aromatic hydroxyl groups is 1. The summed E-state index contributed by atoms with van der Waals surface area (Å²) < 4.78 is 13.2. The summed E-state index contributed by atoms with van der Waals surface area (Å²) in [6.07, 6.45) is 5.36. The number of carboxylic acid groups (broad SMARTS) is 1. The molecule has 4 aromatic carbocycles. The number of phenolic OH excluding ortho intramolecular Hbond substituents is 1. The van der Waals surface area contributed by atoms with Crippen LogP contribution in [0.25, 0.3) is 28.0 Å². The first-order valence-corrected chi connectivity index (χ1v) is 10.0. The maximum atomic E-state index is 13.2. The van der Waals surface area contributed by atoms with Crippen LogP contribution in [0.4, 0.5) is 4.39 Å². The molecule has 0 radical (unpaired) electrons. The van der Waals surface area contributed by atoms with E-state index in [4.69, 9.17) is 0 Å². The van der Waals surface area contributed by atoms with Gasteiger partial charge in [0.1, 0.15) is 11.6 Å². The lowest BCUT2D eigenvalue weighted by atomic mass is 9.98. The Morgan fingerprint density at radius 2 is 1.55 bits per heavy atom. The minimum Gasteiger partial charge on any atom is -0.508 e. The third-order valence-electron chi connectivity index (χ3n) is 5.24. The lowest BCUT2D eigenvalue weighted by Crippen LogP contribution is -1.99. The monoisotopic (exact) mass is 412 g/mol. The molecule has 0 aromatic heterocycles. The van der Waals surface area contributed by atoms with Gasteiger partial charge >= 0.3 is 5.97 Å². The van der Waals surface area contributed by atoms with E-state index in [9.17, 15) is 19.4 Å². The van der Waals surface area contributed by atoms with Crippen molar-refractivity contribution in [2.45, 2.75) is 12.8 Å². The number of allylic oxidation sites excluding steroid dienone is 1. The summed E-state index contributed by atoms with van der Waals surface area (Å²) in [7, 11) is 0. The third kappa shape index (κ3) is 4.81. The van der Waals surface area contributed by atoms with Crippen molar-refractivity contribution in [1.29, 1.82) is 0 Å². The number of halogens is 1. The average Bonchev–Trinajstić information content (AvgIpc) is 2.77. The number of carbonyl (C=O) groups is 1. The molecule has 3 nitrogen and oxygen atoms in total. The summed E-state index contributed by atoms with van der Waals surface area (Å²) in [5.41, 5.74) is 3.68. The van der Waals surface area contributed by atoms with Crippen molar-refractivity contribution < 1.29 is 19.4 Å². The van der Waals surface area contributed by atoms with Crippen LogP contribution < -0.4 is 0 Å². The first-order valence-electron chi connectivity index (χ1n) is 10.0. The van der Waals surface area contributed by atoms with Gasteiger partial charge in [-0.2, -0.15) is 0 Å². The minimum atomic E-state index is -0.983. The fourth-order valence-corrected chi connectivity index (χ4v) is 3.62. The van der Waals surface area contributed by atoms with Crippen LogP contribution in [0.2, 0.25) is 0 Å². The number of aryl methyl sites for hydroxylation is 1. The van der Waals surface area contributed by atoms with Crippen molar-refractivity contribution in [3.05, 3.63) is 107 Å². The molecule has 0 aliphatic carbocycles. The largest absolute Gasteiger partial charge is 0.508 e. The molecule has 0 atom stereocenters. The number of fused-ring (bicyclic) bond motifs is 1. The summed E-state index contributed by atoms with van der Waals surface area (Å²) in [5, 5.41) is 21.2. The van der Waals surface area contributed by atoms with Gasteiger partial charge in [-0.1, -0.05) is 54.6 Å². The first-order chi connectivity index (χ1) is 15.0. The summed E-state index contributed by atoms with van der Waals surface area (Å²) in [4.78, 5) is 11.6. The Bertz CT molecular complexity index is 1270. The van der Waals surface area contributed by atoms with Gasteiger partial charge in [0.15, 0.2) is 0 Å². The third-order valence-corrected chi connectivity index (χ3v) is 5.24. The van der Waals surface area contributed by atoms with E-state index in [1.807, 2.05) is 36.4 Å². The van der Waals surface area contributed by atoms with Gasteiger partial charge in [0.2, 0.25) is 0 Å². The number of hydrogen-bond acceptors (Lipinski definition) is 2. The standard InChI is InChI=1S/C27H21FO3/c28-24-11-7-19(8-12-24)21-10-14-26(27(30)31)23(16-21)4-2-1-3-18-5-6-22-17-25(29)13-9-20(22)15-18/h2,4-17,29H,1,3H2,(H,30,31). The Hall–Kier alpha value is -3.92. The van der Waals surface area contributed by atoms with Crippen LogP contribution in [0.1, 0.15) is 27.9 Å². The summed E-state index contributed by atoms with van der Waals surface area (Å²) in [5.74, 6) is -1.04. The fourth-order valence-electron chi connectivity index (χ4n) is 3.62. The highest BCUT2D eigenvalue weighted by Crippen LogP contribution is 2.25. The van der Waals surface area contributed by atoms with Crippen LogP contribution in [-0.4, -0.2) is 16.2 Å². The van der Waals surface area contributed by atoms with E-state index < -0.39 is 5.97 Å². The Morgan fingerprint density at radius 1 is 0.839 bits per heavy atom. The molecule has 0 aliphatic rings. The van der Waals surface area contributed by atoms with Gasteiger partial charge in [-0.15, -0.1) is 0 Å². The quantitative estimate of drug-likeness (QED) is 0.371. The van der Waals surface area contributed by atoms with Crippen LogP contribution in [0.3, 0.4) is 0 Å². The van der Waals surface area contributed by atoms with Gasteiger partial charge in [-0.25, -0.2) is 9.18 Å². The number of carboxylic acids is 1. The average molecular weight is 412 g/mol. The van der Waals surface area contributed by atoms with Crippen LogP contribution >= 0.6 is 0 Å². The van der Waals surface area contributed by atoms with Gasteiger partial charge in [-0.05, 0) is 82.3 Å². The Labute approximate surface area is 179 Å². The van der Waals surface area contributed by atoms with Crippen LogP contribution in [0, 0.1) is 5.82 Å². The van der Waals surface area contributed by atoms with Crippen LogP contribution in [-0.2, 0) is 6.42 Å². The van der Waals surface area contributed by atoms with Gasteiger partial charge < -0.3 is 10.2 Å². The topological polar surface area (TPSA) is 57.5 Å². The molecule has 4 rings (SSSR count). The second-order valence-corrected chi connectivity index (χ2v) is 7.42. The fraction of sp³-hybridized carbons (Fsp3) is 0.0741. The number of phenols is 1. The molecule has 2 N–H and O–H groups in total. The molecule has 0 bridgehead atoms. The molecule has 0 amide bonds. The first kappa shape index (κ1) is 20.4. The van der Waals surface area contributed by atoms with Crippen LogP contribution in [0.5, 0.6) is 5.75 Å². The maximum Gasteiger partial charge on any atom is 0.336 e. The van der Waals surface area contributed by atoms with Gasteiger partial charge in [0, 0.05) is 0 Å². The predicted octanol–water partition coefficient (Wildman–Crippen LogP) is 6.70. The predicted molar refractivity (Wildman–Crippen MR) is 122 cm³/mol. The van der Waals surface area contributed by atoms with Crippen molar-refractivity contribution in [2.24, 2.45) is 0 Å². The summed E-state index contributed by atoms with van der Waals surface area (Å²) in [6.45, 7) is 0. The number of hydrogen-bond donors (Lipinski definition) is 2. The Kier molecular flexibility index (Phi) is 5.80. The maximum absolute atomic E-state index is 13.2. The highest BCUT2D eigenvalue weighted by atomic mass is 19.1. The van der Waals surface area contributed by atoms with Crippen molar-refractivity contribution in [3.8, 4) is 16.9 Å². The second kappa shape index (κ2) is 8.84. The molecule has 154 valence electrons. The lowest BCUT2D eigenvalue weighted by molar-refractivity contribution is 0.0696. The molecule has 0 saturated heterocycles. The molecule has 31 heavy (non-hydrogen) atoms. The van der Waals surface area contributed by atoms with E-state index in [0.29, 0.717) is 5.56 Å². The molecule has 0 unspecified atom stereocenters. The highest BCUT2D eigenvalue weighted by Gasteiger charge is 2.10. The zero-order chi connectivity index (χ0) is 21.8.